The lowest BCUT2D eigenvalue weighted by Crippen LogP contribution is -2.26. The Morgan fingerprint density at radius 3 is 1.20 bits per heavy atom. The van der Waals surface area contributed by atoms with Crippen LogP contribution >= 0.6 is 23.2 Å². The van der Waals surface area contributed by atoms with Crippen LogP contribution in [0.25, 0.3) is 56.9 Å². The molecule has 0 atom stereocenters. The van der Waals surface area contributed by atoms with E-state index in [4.69, 9.17) is 23.2 Å². The maximum atomic E-state index is 14.3. The number of aromatic hydroxyl groups is 4. The summed E-state index contributed by atoms with van der Waals surface area (Å²) in [6, 6.07) is 22.1. The third-order valence-corrected chi connectivity index (χ3v) is 10.4. The molecular weight excluding hydrogens is 921 g/mol. The molecule has 8 aromatic rings. The van der Waals surface area contributed by atoms with Gasteiger partial charge in [-0.15, -0.1) is 10.2 Å². The summed E-state index contributed by atoms with van der Waals surface area (Å²) in [7, 11) is 0. The number of phenols is 4. The molecule has 2 heterocycles. The lowest BCUT2D eigenvalue weighted by molar-refractivity contribution is -0.138. The molecule has 0 spiro atoms. The number of halogens is 8. The van der Waals surface area contributed by atoms with E-state index in [0.29, 0.717) is 24.3 Å². The number of ketones is 3. The van der Waals surface area contributed by atoms with E-state index in [1.165, 1.54) is 60.7 Å². The van der Waals surface area contributed by atoms with Crippen molar-refractivity contribution in [2.45, 2.75) is 12.4 Å². The first-order valence-electron chi connectivity index (χ1n) is 18.8. The average molecular weight is 946 g/mol. The van der Waals surface area contributed by atoms with Crippen LogP contribution in [0.2, 0.25) is 10.0 Å². The summed E-state index contributed by atoms with van der Waals surface area (Å²) in [5.74, 6) is -8.41. The second kappa shape index (κ2) is 16.8. The Kier molecular flexibility index (Phi) is 11.4. The summed E-state index contributed by atoms with van der Waals surface area (Å²) in [5, 5.41) is 51.7. The fourth-order valence-corrected chi connectivity index (χ4v) is 7.08. The molecule has 13 nitrogen and oxygen atoms in total. The van der Waals surface area contributed by atoms with Crippen LogP contribution in [0.3, 0.4) is 0 Å². The van der Waals surface area contributed by atoms with Crippen molar-refractivity contribution in [3.05, 3.63) is 154 Å². The molecule has 8 rings (SSSR count). The summed E-state index contributed by atoms with van der Waals surface area (Å²) in [5.41, 5.74) is -4.71. The van der Waals surface area contributed by atoms with E-state index < -0.39 is 75.1 Å². The fourth-order valence-electron chi connectivity index (χ4n) is 6.75. The number of aromatic nitrogens is 6. The number of Topliss-reactive ketones (excluding diaryl/α,β-unsaturated/α-hetero) is 3. The van der Waals surface area contributed by atoms with Gasteiger partial charge in [0.1, 0.15) is 23.0 Å². The minimum Gasteiger partial charge on any atom is -0.507 e. The number of rotatable bonds is 10. The zero-order valence-corrected chi connectivity index (χ0v) is 34.3. The zero-order valence-electron chi connectivity index (χ0n) is 32.8. The highest BCUT2D eigenvalue weighted by Crippen LogP contribution is 2.40. The normalized spacial score (nSPS) is 11.8. The number of carbonyl (C=O) groups is 3. The average Bonchev–Trinajstić information content (AvgIpc) is 3.91. The predicted molar refractivity (Wildman–Crippen MR) is 225 cm³/mol. The molecule has 21 heteroatoms. The standard InChI is InChI=1S/C45H24Cl2F6N6O7/c46-23-11-15-25(31(19-23)58-42(29-5-1-3-7-33(29)60)54-40(56-58)27-13-9-21(17-35(27)62)44(48,49)50)37(64)39(66)38(65)26-16-12-24(47)20-32(26)59-43(30-6-2-4-8-34(30)61)55-41(57-59)28-14-10-22(18-36(28)63)45(51,52)53/h1-20,60-63H. The molecule has 0 amide bonds. The molecule has 0 unspecified atom stereocenters. The van der Waals surface area contributed by atoms with Gasteiger partial charge >= 0.3 is 12.4 Å². The van der Waals surface area contributed by atoms with E-state index in [2.05, 4.69) is 20.2 Å². The number of carbonyl (C=O) groups excluding carboxylic acids is 3. The molecule has 66 heavy (non-hydrogen) atoms. The number of hydrogen-bond donors (Lipinski definition) is 4. The lowest BCUT2D eigenvalue weighted by Gasteiger charge is -2.13. The van der Waals surface area contributed by atoms with Crippen molar-refractivity contribution < 1.29 is 61.2 Å². The quantitative estimate of drug-likeness (QED) is 0.0441. The number of phenolic OH excluding ortho intramolecular Hbond substituents is 4. The fraction of sp³-hybridized carbons (Fsp3) is 0.0444. The second-order valence-electron chi connectivity index (χ2n) is 14.1. The molecule has 0 aliphatic heterocycles. The van der Waals surface area contributed by atoms with Crippen molar-refractivity contribution in [1.29, 1.82) is 0 Å². The second-order valence-corrected chi connectivity index (χ2v) is 15.0. The van der Waals surface area contributed by atoms with Crippen molar-refractivity contribution in [1.82, 2.24) is 29.5 Å². The van der Waals surface area contributed by atoms with Crippen LogP contribution in [0.15, 0.2) is 121 Å². The maximum Gasteiger partial charge on any atom is 0.416 e. The van der Waals surface area contributed by atoms with E-state index in [1.54, 1.807) is 0 Å². The Hall–Kier alpha value is -8.03. The van der Waals surface area contributed by atoms with E-state index >= 15 is 0 Å². The molecule has 0 saturated heterocycles. The zero-order chi connectivity index (χ0) is 47.4. The van der Waals surface area contributed by atoms with Crippen molar-refractivity contribution >= 4 is 40.6 Å². The predicted octanol–water partition coefficient (Wildman–Crippen LogP) is 10.3. The van der Waals surface area contributed by atoms with Gasteiger partial charge in [0.05, 0.1) is 55.9 Å². The Labute approximate surface area is 376 Å². The van der Waals surface area contributed by atoms with Crippen LogP contribution in [-0.2, 0) is 17.1 Å². The first-order valence-corrected chi connectivity index (χ1v) is 19.5. The summed E-state index contributed by atoms with van der Waals surface area (Å²) < 4.78 is 82.6. The Morgan fingerprint density at radius 1 is 0.470 bits per heavy atom. The number of alkyl halides is 6. The Morgan fingerprint density at radius 2 is 0.848 bits per heavy atom. The molecule has 0 aliphatic carbocycles. The van der Waals surface area contributed by atoms with Crippen molar-refractivity contribution in [2.75, 3.05) is 0 Å². The van der Waals surface area contributed by atoms with Gasteiger partial charge in [-0.05, 0) is 97.1 Å². The highest BCUT2D eigenvalue weighted by atomic mass is 35.5. The topological polar surface area (TPSA) is 194 Å². The Bertz CT molecular complexity index is 3080. The number of hydrogen-bond acceptors (Lipinski definition) is 11. The molecule has 0 bridgehead atoms. The summed E-state index contributed by atoms with van der Waals surface area (Å²) in [6.45, 7) is 0. The van der Waals surface area contributed by atoms with Crippen molar-refractivity contribution in [3.63, 3.8) is 0 Å². The van der Waals surface area contributed by atoms with Gasteiger partial charge in [0.25, 0.3) is 5.78 Å². The van der Waals surface area contributed by atoms with Crippen LogP contribution < -0.4 is 0 Å². The highest BCUT2D eigenvalue weighted by molar-refractivity contribution is 6.70. The van der Waals surface area contributed by atoms with Gasteiger partial charge in [-0.1, -0.05) is 47.5 Å². The van der Waals surface area contributed by atoms with Crippen LogP contribution in [0.5, 0.6) is 23.0 Å². The smallest absolute Gasteiger partial charge is 0.416 e. The largest absolute Gasteiger partial charge is 0.507 e. The summed E-state index contributed by atoms with van der Waals surface area (Å²) in [6.07, 6.45) is -9.64. The summed E-state index contributed by atoms with van der Waals surface area (Å²) in [4.78, 5) is 51.6. The van der Waals surface area contributed by atoms with E-state index in [-0.39, 0.29) is 66.8 Å². The first kappa shape index (κ1) is 44.6. The van der Waals surface area contributed by atoms with Gasteiger partial charge in [-0.25, -0.2) is 19.3 Å². The molecule has 0 saturated carbocycles. The van der Waals surface area contributed by atoms with Crippen LogP contribution in [-0.4, -0.2) is 67.3 Å². The van der Waals surface area contributed by atoms with Crippen LogP contribution in [0.1, 0.15) is 31.8 Å². The highest BCUT2D eigenvalue weighted by Gasteiger charge is 2.35. The van der Waals surface area contributed by atoms with Crippen molar-refractivity contribution in [2.24, 2.45) is 0 Å². The SMILES string of the molecule is O=C(C(=O)c1ccc(Cl)cc1-n1nc(-c2ccc(C(F)(F)F)cc2O)nc1-c1ccccc1O)C(=O)c1ccc(Cl)cc1-n1nc(-c2ccc(C(F)(F)F)cc2O)nc1-c1ccccc1O. The van der Waals surface area contributed by atoms with E-state index in [1.807, 2.05) is 0 Å². The molecular formula is C45H24Cl2F6N6O7. The van der Waals surface area contributed by atoms with Gasteiger partial charge in [-0.3, -0.25) is 14.4 Å². The Balaban J connectivity index is 1.24. The van der Waals surface area contributed by atoms with Gasteiger partial charge in [0.15, 0.2) is 23.3 Å². The number of nitrogens with zero attached hydrogens (tertiary/aromatic N) is 6. The molecule has 6 aromatic carbocycles. The number of para-hydroxylation sites is 2. The van der Waals surface area contributed by atoms with Gasteiger partial charge in [0.2, 0.25) is 11.6 Å². The van der Waals surface area contributed by atoms with Crippen molar-refractivity contribution in [3.8, 4) is 79.9 Å². The van der Waals surface area contributed by atoms with Crippen LogP contribution in [0.4, 0.5) is 26.3 Å². The minimum atomic E-state index is -4.82. The molecule has 0 fully saturated rings. The first-order chi connectivity index (χ1) is 31.2. The van der Waals surface area contributed by atoms with Gasteiger partial charge < -0.3 is 20.4 Å². The van der Waals surface area contributed by atoms with Gasteiger partial charge in [0, 0.05) is 10.0 Å². The maximum absolute atomic E-state index is 14.3. The number of benzene rings is 6. The minimum absolute atomic E-state index is 0.0358. The summed E-state index contributed by atoms with van der Waals surface area (Å²) >= 11 is 12.8. The molecule has 4 N–H and O–H groups in total. The van der Waals surface area contributed by atoms with E-state index in [9.17, 15) is 61.2 Å². The molecule has 0 aliphatic rings. The lowest BCUT2D eigenvalue weighted by atomic mass is 9.97. The molecule has 2 aromatic heterocycles. The molecule has 0 radical (unpaired) electrons. The third kappa shape index (κ3) is 8.39. The van der Waals surface area contributed by atoms with E-state index in [0.717, 1.165) is 45.8 Å². The van der Waals surface area contributed by atoms with Gasteiger partial charge in [-0.2, -0.15) is 26.3 Å². The molecule has 332 valence electrons. The monoisotopic (exact) mass is 944 g/mol. The van der Waals surface area contributed by atoms with Crippen LogP contribution in [0, 0.1) is 0 Å². The third-order valence-electron chi connectivity index (χ3n) is 9.91.